The van der Waals surface area contributed by atoms with Crippen molar-refractivity contribution in [3.05, 3.63) is 60.2 Å². The minimum absolute atomic E-state index is 0.00956. The maximum Gasteiger partial charge on any atom is 0.407 e. The van der Waals surface area contributed by atoms with Crippen molar-refractivity contribution in [3.63, 3.8) is 0 Å². The van der Waals surface area contributed by atoms with E-state index in [4.69, 9.17) is 14.2 Å². The number of hydrogen-bond donors (Lipinski definition) is 3. The fraction of sp³-hybridized carbons (Fsp3) is 0.581. The summed E-state index contributed by atoms with van der Waals surface area (Å²) in [7, 11) is -2.45. The van der Waals surface area contributed by atoms with E-state index in [9.17, 15) is 23.4 Å². The molecule has 2 aromatic rings. The summed E-state index contributed by atoms with van der Waals surface area (Å²) in [4.78, 5) is 13.4. The summed E-state index contributed by atoms with van der Waals surface area (Å²) in [6, 6.07) is 14.7. The maximum absolute atomic E-state index is 13.7. The smallest absolute Gasteiger partial charge is 0.407 e. The van der Waals surface area contributed by atoms with Crippen molar-refractivity contribution >= 4 is 16.1 Å². The average molecular weight is 605 g/mol. The highest BCUT2D eigenvalue weighted by atomic mass is 32.2. The number of fused-ring (bicyclic) bond motifs is 1. The Morgan fingerprint density at radius 2 is 1.79 bits per heavy atom. The Morgan fingerprint density at radius 3 is 2.43 bits per heavy atom. The molecule has 0 spiro atoms. The summed E-state index contributed by atoms with van der Waals surface area (Å²) in [5.74, 6) is 0.623. The van der Waals surface area contributed by atoms with Crippen LogP contribution in [0.5, 0.6) is 5.75 Å². The van der Waals surface area contributed by atoms with E-state index in [1.807, 2.05) is 44.2 Å². The number of ether oxygens (including phenoxy) is 3. The van der Waals surface area contributed by atoms with Gasteiger partial charge in [0.15, 0.2) is 0 Å². The summed E-state index contributed by atoms with van der Waals surface area (Å²) in [5.41, 5.74) is 0.866. The zero-order chi connectivity index (χ0) is 30.3. The number of alkyl carbamates (subject to hydrolysis) is 1. The number of carbonyl (C=O) groups excluding carboxylic acids is 1. The van der Waals surface area contributed by atoms with Gasteiger partial charge in [0.05, 0.1) is 30.8 Å². The summed E-state index contributed by atoms with van der Waals surface area (Å²) < 4.78 is 45.3. The van der Waals surface area contributed by atoms with Crippen LogP contribution in [0, 0.1) is 23.7 Å². The van der Waals surface area contributed by atoms with E-state index in [2.05, 4.69) is 5.32 Å². The van der Waals surface area contributed by atoms with Crippen molar-refractivity contribution in [1.29, 1.82) is 0 Å². The lowest BCUT2D eigenvalue weighted by atomic mass is 9.74. The first-order valence-electron chi connectivity index (χ1n) is 14.6. The molecule has 1 aliphatic heterocycles. The van der Waals surface area contributed by atoms with Crippen LogP contribution in [0.3, 0.4) is 0 Å². The molecule has 1 amide bonds. The van der Waals surface area contributed by atoms with Gasteiger partial charge in [-0.05, 0) is 60.9 Å². The fourth-order valence-electron chi connectivity index (χ4n) is 5.97. The molecule has 1 saturated heterocycles. The lowest BCUT2D eigenvalue weighted by molar-refractivity contribution is -0.0347. The number of aliphatic hydroxyl groups is 2. The first-order chi connectivity index (χ1) is 20.1. The lowest BCUT2D eigenvalue weighted by Gasteiger charge is -2.38. The van der Waals surface area contributed by atoms with Gasteiger partial charge < -0.3 is 29.7 Å². The van der Waals surface area contributed by atoms with Gasteiger partial charge in [0, 0.05) is 38.1 Å². The molecule has 0 aromatic heterocycles. The molecule has 11 heteroatoms. The zero-order valence-electron chi connectivity index (χ0n) is 24.6. The largest absolute Gasteiger partial charge is 0.497 e. The van der Waals surface area contributed by atoms with Gasteiger partial charge in [-0.25, -0.2) is 13.2 Å². The second kappa shape index (κ2) is 14.7. The van der Waals surface area contributed by atoms with Gasteiger partial charge in [0.1, 0.15) is 11.9 Å². The van der Waals surface area contributed by atoms with E-state index < -0.39 is 34.4 Å². The topological polar surface area (TPSA) is 135 Å². The third kappa shape index (κ3) is 8.02. The van der Waals surface area contributed by atoms with Crippen LogP contribution in [0.15, 0.2) is 59.5 Å². The molecule has 2 aromatic carbocycles. The van der Waals surface area contributed by atoms with Crippen LogP contribution in [0.1, 0.15) is 32.3 Å². The molecule has 3 N–H and O–H groups in total. The van der Waals surface area contributed by atoms with Crippen LogP contribution in [-0.2, 0) is 25.9 Å². The van der Waals surface area contributed by atoms with Crippen molar-refractivity contribution in [1.82, 2.24) is 9.62 Å². The SMILES string of the molecule is COc1ccc(S(=O)(=O)N(CC(C)C)C[C@@H](O)[C@H](Cc2ccccc2)NC(=O)OC2C(CO)CCC3COCC32)cc1. The van der Waals surface area contributed by atoms with Crippen LogP contribution < -0.4 is 10.1 Å². The quantitative estimate of drug-likeness (QED) is 0.318. The third-order valence-electron chi connectivity index (χ3n) is 8.24. The number of carbonyl (C=O) groups is 1. The Morgan fingerprint density at radius 1 is 1.07 bits per heavy atom. The molecule has 2 fully saturated rings. The number of aliphatic hydroxyl groups excluding tert-OH is 2. The van der Waals surface area contributed by atoms with Crippen LogP contribution in [0.25, 0.3) is 0 Å². The normalized spacial score (nSPS) is 23.8. The van der Waals surface area contributed by atoms with Gasteiger partial charge in [0.25, 0.3) is 0 Å². The van der Waals surface area contributed by atoms with Crippen LogP contribution >= 0.6 is 0 Å². The standard InChI is InChI=1S/C31H44N2O8S/c1-21(2)16-33(42(37,38)26-13-11-25(39-3)12-14-26)17-29(35)28(15-22-7-5-4-6-8-22)32-31(36)41-30-23(18-34)9-10-24-19-40-20-27(24)30/h4-8,11-14,21,23-24,27-30,34-35H,9-10,15-20H2,1-3H3,(H,32,36)/t23?,24?,27?,28-,29+,30?/m0/s1. The lowest BCUT2D eigenvalue weighted by Crippen LogP contribution is -2.52. The highest BCUT2D eigenvalue weighted by Crippen LogP contribution is 2.39. The number of sulfonamides is 1. The molecule has 1 heterocycles. The number of hydrogen-bond acceptors (Lipinski definition) is 8. The van der Waals surface area contributed by atoms with Crippen molar-refractivity contribution in [2.45, 2.75) is 56.3 Å². The second-order valence-electron chi connectivity index (χ2n) is 11.8. The number of amides is 1. The van der Waals surface area contributed by atoms with Gasteiger partial charge in [-0.1, -0.05) is 44.2 Å². The number of rotatable bonds is 13. The summed E-state index contributed by atoms with van der Waals surface area (Å²) >= 11 is 0. The van der Waals surface area contributed by atoms with Gasteiger partial charge >= 0.3 is 6.09 Å². The van der Waals surface area contributed by atoms with Crippen LogP contribution in [0.4, 0.5) is 4.79 Å². The molecule has 42 heavy (non-hydrogen) atoms. The van der Waals surface area contributed by atoms with E-state index in [1.165, 1.54) is 23.5 Å². The first kappa shape index (κ1) is 32.2. The third-order valence-corrected chi connectivity index (χ3v) is 10.1. The van der Waals surface area contributed by atoms with Gasteiger partial charge in [-0.15, -0.1) is 0 Å². The summed E-state index contributed by atoms with van der Waals surface area (Å²) in [6.07, 6.45) is -0.535. The zero-order valence-corrected chi connectivity index (χ0v) is 25.4. The Labute approximate surface area is 249 Å². The number of nitrogens with one attached hydrogen (secondary N) is 1. The summed E-state index contributed by atoms with van der Waals surface area (Å²) in [6.45, 7) is 4.76. The Balaban J connectivity index is 1.53. The van der Waals surface area contributed by atoms with Crippen molar-refractivity contribution in [3.8, 4) is 5.75 Å². The van der Waals surface area contributed by atoms with E-state index in [-0.39, 0.29) is 54.7 Å². The minimum atomic E-state index is -3.96. The highest BCUT2D eigenvalue weighted by Gasteiger charge is 2.45. The predicted molar refractivity (Wildman–Crippen MR) is 158 cm³/mol. The van der Waals surface area contributed by atoms with Crippen molar-refractivity contribution in [2.24, 2.45) is 23.7 Å². The number of nitrogens with zero attached hydrogens (tertiary/aromatic N) is 1. The molecule has 232 valence electrons. The molecule has 4 unspecified atom stereocenters. The molecule has 6 atom stereocenters. The van der Waals surface area contributed by atoms with E-state index in [1.54, 1.807) is 12.1 Å². The van der Waals surface area contributed by atoms with Crippen LogP contribution in [-0.4, -0.2) is 87.3 Å². The highest BCUT2D eigenvalue weighted by molar-refractivity contribution is 7.89. The Kier molecular flexibility index (Phi) is 11.2. The first-order valence-corrected chi connectivity index (χ1v) is 16.1. The molecule has 4 rings (SSSR count). The number of benzene rings is 2. The van der Waals surface area contributed by atoms with Crippen LogP contribution in [0.2, 0.25) is 0 Å². The monoisotopic (exact) mass is 604 g/mol. The van der Waals surface area contributed by atoms with Gasteiger partial charge in [0.2, 0.25) is 10.0 Å². The Hall–Kier alpha value is -2.70. The number of methoxy groups -OCH3 is 1. The average Bonchev–Trinajstić information content (AvgIpc) is 3.46. The minimum Gasteiger partial charge on any atom is -0.497 e. The molecular weight excluding hydrogens is 560 g/mol. The molecule has 2 aliphatic rings. The molecular formula is C31H44N2O8S. The predicted octanol–water partition coefficient (Wildman–Crippen LogP) is 3.07. The second-order valence-corrected chi connectivity index (χ2v) is 13.7. The van der Waals surface area contributed by atoms with Crippen molar-refractivity contribution < 1.29 is 37.6 Å². The van der Waals surface area contributed by atoms with Gasteiger partial charge in [-0.2, -0.15) is 4.31 Å². The Bertz CT molecular complexity index is 1240. The van der Waals surface area contributed by atoms with E-state index in [0.29, 0.717) is 19.0 Å². The molecule has 0 bridgehead atoms. The maximum atomic E-state index is 13.7. The fourth-order valence-corrected chi connectivity index (χ4v) is 7.59. The van der Waals surface area contributed by atoms with E-state index >= 15 is 0 Å². The van der Waals surface area contributed by atoms with E-state index in [0.717, 1.165) is 18.4 Å². The summed E-state index contributed by atoms with van der Waals surface area (Å²) in [5, 5.41) is 24.3. The van der Waals surface area contributed by atoms with Gasteiger partial charge in [-0.3, -0.25) is 0 Å². The molecule has 1 saturated carbocycles. The molecule has 0 radical (unpaired) electrons. The molecule has 1 aliphatic carbocycles. The van der Waals surface area contributed by atoms with Crippen molar-refractivity contribution in [2.75, 3.05) is 40.0 Å². The molecule has 10 nitrogen and oxygen atoms in total.